The number of aromatic nitrogens is 2. The summed E-state index contributed by atoms with van der Waals surface area (Å²) >= 11 is 0. The van der Waals surface area contributed by atoms with Crippen molar-refractivity contribution in [2.45, 2.75) is 25.4 Å². The summed E-state index contributed by atoms with van der Waals surface area (Å²) in [5.41, 5.74) is 2.48. The molecule has 0 saturated carbocycles. The molecular weight excluding hydrogens is 346 g/mol. The molecule has 2 N–H and O–H groups in total. The van der Waals surface area contributed by atoms with Gasteiger partial charge in [0.25, 0.3) is 0 Å². The van der Waals surface area contributed by atoms with Crippen molar-refractivity contribution in [3.05, 3.63) is 57.9 Å². The number of amides is 1. The molecule has 1 aromatic carbocycles. The Morgan fingerprint density at radius 2 is 2.24 bits per heavy atom. The standard InChI is InChI=1S/C16H19N5O3.ClH/c22-16(6-8-20-11-13(9-19-20)21(23)24)18-10-15-14-4-2-1-3-12(14)5-7-17-15;/h1-4,9,11,15,17H,5-8,10H2,(H,18,22);1H. The molecule has 0 radical (unpaired) electrons. The van der Waals surface area contributed by atoms with Crippen LogP contribution >= 0.6 is 12.4 Å². The van der Waals surface area contributed by atoms with Crippen LogP contribution < -0.4 is 10.6 Å². The highest BCUT2D eigenvalue weighted by atomic mass is 35.5. The molecule has 0 spiro atoms. The molecule has 9 heteroatoms. The van der Waals surface area contributed by atoms with Crippen LogP contribution in [-0.2, 0) is 17.8 Å². The molecule has 1 aliphatic heterocycles. The fourth-order valence-electron chi connectivity index (χ4n) is 2.86. The van der Waals surface area contributed by atoms with E-state index in [0.717, 1.165) is 13.0 Å². The Balaban J connectivity index is 0.00000225. The first-order valence-corrected chi connectivity index (χ1v) is 7.88. The molecule has 8 nitrogen and oxygen atoms in total. The van der Waals surface area contributed by atoms with Crippen molar-refractivity contribution in [2.75, 3.05) is 13.1 Å². The fraction of sp³-hybridized carbons (Fsp3) is 0.375. The zero-order chi connectivity index (χ0) is 16.9. The number of halogens is 1. The van der Waals surface area contributed by atoms with Gasteiger partial charge in [-0.05, 0) is 24.1 Å². The maximum atomic E-state index is 12.0. The van der Waals surface area contributed by atoms with Gasteiger partial charge in [0.2, 0.25) is 5.91 Å². The summed E-state index contributed by atoms with van der Waals surface area (Å²) in [5, 5.41) is 20.8. The van der Waals surface area contributed by atoms with Crippen LogP contribution in [0.15, 0.2) is 36.7 Å². The van der Waals surface area contributed by atoms with Gasteiger partial charge < -0.3 is 10.6 Å². The second kappa shape index (κ2) is 8.59. The Kier molecular flexibility index (Phi) is 6.49. The van der Waals surface area contributed by atoms with E-state index in [1.807, 2.05) is 12.1 Å². The molecular formula is C16H20ClN5O3. The Morgan fingerprint density at radius 1 is 1.44 bits per heavy atom. The van der Waals surface area contributed by atoms with Gasteiger partial charge in [0, 0.05) is 25.6 Å². The van der Waals surface area contributed by atoms with Crippen LogP contribution in [0.5, 0.6) is 0 Å². The van der Waals surface area contributed by atoms with E-state index in [1.54, 1.807) is 0 Å². The summed E-state index contributed by atoms with van der Waals surface area (Å²) in [6.45, 7) is 1.73. The number of nitrogens with one attached hydrogen (secondary N) is 2. The van der Waals surface area contributed by atoms with Crippen LogP contribution in [-0.4, -0.2) is 33.7 Å². The van der Waals surface area contributed by atoms with Gasteiger partial charge in [-0.3, -0.25) is 19.6 Å². The summed E-state index contributed by atoms with van der Waals surface area (Å²) in [4.78, 5) is 22.1. The van der Waals surface area contributed by atoms with E-state index >= 15 is 0 Å². The number of hydrogen-bond acceptors (Lipinski definition) is 5. The molecule has 1 atom stereocenters. The van der Waals surface area contributed by atoms with Crippen LogP contribution in [0.4, 0.5) is 5.69 Å². The molecule has 25 heavy (non-hydrogen) atoms. The van der Waals surface area contributed by atoms with Gasteiger partial charge in [-0.1, -0.05) is 24.3 Å². The van der Waals surface area contributed by atoms with Crippen molar-refractivity contribution >= 4 is 24.0 Å². The predicted molar refractivity (Wildman–Crippen MR) is 94.6 cm³/mol. The normalized spacial score (nSPS) is 15.8. The van der Waals surface area contributed by atoms with E-state index in [-0.39, 0.29) is 36.5 Å². The maximum Gasteiger partial charge on any atom is 0.306 e. The molecule has 0 aliphatic carbocycles. The van der Waals surface area contributed by atoms with Crippen molar-refractivity contribution in [1.82, 2.24) is 20.4 Å². The van der Waals surface area contributed by atoms with Crippen molar-refractivity contribution in [3.8, 4) is 0 Å². The van der Waals surface area contributed by atoms with Crippen LogP contribution in [0.1, 0.15) is 23.6 Å². The Labute approximate surface area is 151 Å². The number of carbonyl (C=O) groups is 1. The lowest BCUT2D eigenvalue weighted by molar-refractivity contribution is -0.385. The molecule has 0 fully saturated rings. The van der Waals surface area contributed by atoms with Gasteiger partial charge in [-0.25, -0.2) is 0 Å². The minimum Gasteiger partial charge on any atom is -0.354 e. The summed E-state index contributed by atoms with van der Waals surface area (Å²) in [6.07, 6.45) is 3.74. The van der Waals surface area contributed by atoms with Crippen molar-refractivity contribution in [1.29, 1.82) is 0 Å². The Hall–Kier alpha value is -2.45. The topological polar surface area (TPSA) is 102 Å². The minimum absolute atomic E-state index is 0. The number of nitrogens with zero attached hydrogens (tertiary/aromatic N) is 3. The molecule has 2 heterocycles. The quantitative estimate of drug-likeness (QED) is 0.598. The number of hydrogen-bond donors (Lipinski definition) is 2. The first kappa shape index (κ1) is 18.9. The average molecular weight is 366 g/mol. The molecule has 0 bridgehead atoms. The Morgan fingerprint density at radius 3 is 3.00 bits per heavy atom. The first-order valence-electron chi connectivity index (χ1n) is 7.88. The molecule has 1 unspecified atom stereocenters. The highest BCUT2D eigenvalue weighted by Crippen LogP contribution is 2.21. The molecule has 3 rings (SSSR count). The molecule has 1 aromatic heterocycles. The smallest absolute Gasteiger partial charge is 0.306 e. The zero-order valence-electron chi connectivity index (χ0n) is 13.6. The number of carbonyl (C=O) groups excluding carboxylic acids is 1. The number of rotatable bonds is 6. The lowest BCUT2D eigenvalue weighted by atomic mass is 9.94. The van der Waals surface area contributed by atoms with Crippen LogP contribution in [0.25, 0.3) is 0 Å². The van der Waals surface area contributed by atoms with E-state index in [1.165, 1.54) is 28.2 Å². The van der Waals surface area contributed by atoms with Gasteiger partial charge >= 0.3 is 5.69 Å². The van der Waals surface area contributed by atoms with E-state index in [4.69, 9.17) is 0 Å². The van der Waals surface area contributed by atoms with Crippen LogP contribution in [0.2, 0.25) is 0 Å². The van der Waals surface area contributed by atoms with E-state index in [0.29, 0.717) is 13.1 Å². The molecule has 1 aliphatic rings. The third-order valence-corrected chi connectivity index (χ3v) is 4.12. The summed E-state index contributed by atoms with van der Waals surface area (Å²) in [7, 11) is 0. The Bertz CT molecular complexity index is 749. The summed E-state index contributed by atoms with van der Waals surface area (Å²) in [5.74, 6) is -0.0991. The number of fused-ring (bicyclic) bond motifs is 1. The van der Waals surface area contributed by atoms with Crippen LogP contribution in [0.3, 0.4) is 0 Å². The summed E-state index contributed by atoms with van der Waals surface area (Å²) < 4.78 is 1.41. The largest absolute Gasteiger partial charge is 0.354 e. The van der Waals surface area contributed by atoms with E-state index < -0.39 is 4.92 Å². The second-order valence-electron chi connectivity index (χ2n) is 5.73. The highest BCUT2D eigenvalue weighted by Gasteiger charge is 2.19. The van der Waals surface area contributed by atoms with Gasteiger partial charge in [-0.2, -0.15) is 5.10 Å². The maximum absolute atomic E-state index is 12.0. The van der Waals surface area contributed by atoms with E-state index in [2.05, 4.69) is 27.9 Å². The zero-order valence-corrected chi connectivity index (χ0v) is 14.4. The monoisotopic (exact) mass is 365 g/mol. The SMILES string of the molecule is Cl.O=C(CCn1cc([N+](=O)[O-])cn1)NCC1NCCc2ccccc21. The third-order valence-electron chi connectivity index (χ3n) is 4.12. The van der Waals surface area contributed by atoms with Gasteiger partial charge in [0.1, 0.15) is 12.4 Å². The van der Waals surface area contributed by atoms with Gasteiger partial charge in [-0.15, -0.1) is 12.4 Å². The molecule has 0 saturated heterocycles. The molecule has 1 amide bonds. The lowest BCUT2D eigenvalue weighted by Crippen LogP contribution is -2.39. The number of benzene rings is 1. The second-order valence-corrected chi connectivity index (χ2v) is 5.73. The lowest BCUT2D eigenvalue weighted by Gasteiger charge is -2.27. The van der Waals surface area contributed by atoms with Crippen molar-refractivity contribution in [2.24, 2.45) is 0 Å². The first-order chi connectivity index (χ1) is 11.6. The predicted octanol–water partition coefficient (Wildman–Crippen LogP) is 1.61. The average Bonchev–Trinajstić information content (AvgIpc) is 3.07. The fourth-order valence-corrected chi connectivity index (χ4v) is 2.86. The van der Waals surface area contributed by atoms with E-state index in [9.17, 15) is 14.9 Å². The molecule has 134 valence electrons. The highest BCUT2D eigenvalue weighted by molar-refractivity contribution is 5.85. The molecule has 2 aromatic rings. The minimum atomic E-state index is -0.504. The van der Waals surface area contributed by atoms with Gasteiger partial charge in [0.15, 0.2) is 0 Å². The summed E-state index contributed by atoms with van der Waals surface area (Å²) in [6, 6.07) is 8.36. The number of aryl methyl sites for hydroxylation is 1. The third kappa shape index (κ3) is 4.77. The van der Waals surface area contributed by atoms with Crippen molar-refractivity contribution < 1.29 is 9.72 Å². The number of nitro groups is 1. The van der Waals surface area contributed by atoms with Crippen molar-refractivity contribution in [3.63, 3.8) is 0 Å². The van der Waals surface area contributed by atoms with Crippen LogP contribution in [0, 0.1) is 10.1 Å². The van der Waals surface area contributed by atoms with Gasteiger partial charge in [0.05, 0.1) is 4.92 Å².